The van der Waals surface area contributed by atoms with E-state index in [0.717, 1.165) is 18.5 Å². The maximum absolute atomic E-state index is 11.5. The first-order valence-corrected chi connectivity index (χ1v) is 9.48. The second-order valence-corrected chi connectivity index (χ2v) is 7.96. The molecule has 1 saturated heterocycles. The average Bonchev–Trinajstić information content (AvgIpc) is 2.55. The standard InChI is InChI=1S/C17H20N2O3S/c1-23(21,22)14-7-8-17(18-11-14)19-10-9-15(16(20)12-19)13-5-3-2-4-6-13/h2-8,11,15-16,20H,9-10,12H2,1H3/t15-,16-/m1/s1. The lowest BCUT2D eigenvalue weighted by Crippen LogP contribution is -2.43. The van der Waals surface area contributed by atoms with Crippen LogP contribution >= 0.6 is 0 Å². The van der Waals surface area contributed by atoms with Crippen molar-refractivity contribution < 1.29 is 13.5 Å². The molecule has 0 amide bonds. The van der Waals surface area contributed by atoms with Gasteiger partial charge in [-0.05, 0) is 24.1 Å². The Morgan fingerprint density at radius 3 is 2.48 bits per heavy atom. The topological polar surface area (TPSA) is 70.5 Å². The summed E-state index contributed by atoms with van der Waals surface area (Å²) in [6.07, 6.45) is 2.90. The van der Waals surface area contributed by atoms with Gasteiger partial charge in [0.2, 0.25) is 0 Å². The van der Waals surface area contributed by atoms with Crippen molar-refractivity contribution in [3.05, 3.63) is 54.2 Å². The summed E-state index contributed by atoms with van der Waals surface area (Å²) in [6, 6.07) is 13.3. The van der Waals surface area contributed by atoms with Crippen LogP contribution in [0.15, 0.2) is 53.6 Å². The maximum atomic E-state index is 11.5. The van der Waals surface area contributed by atoms with Crippen LogP contribution < -0.4 is 4.90 Å². The van der Waals surface area contributed by atoms with Gasteiger partial charge in [0.25, 0.3) is 0 Å². The highest BCUT2D eigenvalue weighted by atomic mass is 32.2. The number of anilines is 1. The molecule has 2 heterocycles. The molecule has 2 aromatic rings. The third-order valence-electron chi connectivity index (χ3n) is 4.28. The van der Waals surface area contributed by atoms with Crippen LogP contribution in [0, 0.1) is 0 Å². The molecule has 122 valence electrons. The molecule has 0 bridgehead atoms. The quantitative estimate of drug-likeness (QED) is 0.929. The molecular weight excluding hydrogens is 312 g/mol. The van der Waals surface area contributed by atoms with Gasteiger partial charge in [-0.3, -0.25) is 0 Å². The van der Waals surface area contributed by atoms with Crippen LogP contribution in [0.2, 0.25) is 0 Å². The monoisotopic (exact) mass is 332 g/mol. The molecule has 0 spiro atoms. The SMILES string of the molecule is CS(=O)(=O)c1ccc(N2CC[C@H](c3ccccc3)[C@H](O)C2)nc1. The molecule has 1 N–H and O–H groups in total. The van der Waals surface area contributed by atoms with Gasteiger partial charge >= 0.3 is 0 Å². The van der Waals surface area contributed by atoms with Crippen molar-refractivity contribution in [2.45, 2.75) is 23.3 Å². The Morgan fingerprint density at radius 1 is 1.17 bits per heavy atom. The molecule has 0 saturated carbocycles. The second kappa shape index (κ2) is 6.29. The number of nitrogens with zero attached hydrogens (tertiary/aromatic N) is 2. The second-order valence-electron chi connectivity index (χ2n) is 5.94. The van der Waals surface area contributed by atoms with Gasteiger partial charge < -0.3 is 10.0 Å². The normalized spacial score (nSPS) is 22.1. The molecule has 6 heteroatoms. The zero-order valence-corrected chi connectivity index (χ0v) is 13.8. The number of piperidine rings is 1. The predicted octanol–water partition coefficient (Wildman–Crippen LogP) is 1.84. The van der Waals surface area contributed by atoms with Gasteiger partial charge in [-0.1, -0.05) is 30.3 Å². The Hall–Kier alpha value is -1.92. The summed E-state index contributed by atoms with van der Waals surface area (Å²) in [6.45, 7) is 1.27. The van der Waals surface area contributed by atoms with Gasteiger partial charge in [-0.15, -0.1) is 0 Å². The molecule has 0 unspecified atom stereocenters. The fraction of sp³-hybridized carbons (Fsp3) is 0.353. The van der Waals surface area contributed by atoms with Gasteiger partial charge in [0.05, 0.1) is 11.0 Å². The summed E-state index contributed by atoms with van der Waals surface area (Å²) in [4.78, 5) is 6.44. The van der Waals surface area contributed by atoms with E-state index in [0.29, 0.717) is 12.4 Å². The minimum absolute atomic E-state index is 0.128. The zero-order chi connectivity index (χ0) is 16.4. The minimum Gasteiger partial charge on any atom is -0.391 e. The van der Waals surface area contributed by atoms with Crippen molar-refractivity contribution in [2.24, 2.45) is 0 Å². The minimum atomic E-state index is -3.24. The summed E-state index contributed by atoms with van der Waals surface area (Å²) in [5, 5.41) is 10.5. The number of β-amino-alcohol motifs (C(OH)–C–C–N with tert-alkyl or cyclic N) is 1. The molecule has 2 atom stereocenters. The van der Waals surface area contributed by atoms with E-state index in [4.69, 9.17) is 0 Å². The third-order valence-corrected chi connectivity index (χ3v) is 5.38. The number of benzene rings is 1. The lowest BCUT2D eigenvalue weighted by Gasteiger charge is -2.36. The van der Waals surface area contributed by atoms with Crippen molar-refractivity contribution >= 4 is 15.7 Å². The molecule has 1 fully saturated rings. The van der Waals surface area contributed by atoms with Crippen molar-refractivity contribution in [2.75, 3.05) is 24.2 Å². The van der Waals surface area contributed by atoms with Crippen molar-refractivity contribution in [1.29, 1.82) is 0 Å². The largest absolute Gasteiger partial charge is 0.391 e. The Morgan fingerprint density at radius 2 is 1.91 bits per heavy atom. The zero-order valence-electron chi connectivity index (χ0n) is 13.0. The van der Waals surface area contributed by atoms with Crippen LogP contribution in [0.3, 0.4) is 0 Å². The van der Waals surface area contributed by atoms with Crippen LogP contribution in [0.25, 0.3) is 0 Å². The van der Waals surface area contributed by atoms with Crippen molar-refractivity contribution in [3.8, 4) is 0 Å². The van der Waals surface area contributed by atoms with E-state index in [-0.39, 0.29) is 10.8 Å². The van der Waals surface area contributed by atoms with E-state index in [9.17, 15) is 13.5 Å². The Kier molecular flexibility index (Phi) is 4.37. The van der Waals surface area contributed by atoms with Crippen LogP contribution in [0.4, 0.5) is 5.82 Å². The fourth-order valence-electron chi connectivity index (χ4n) is 3.01. The van der Waals surface area contributed by atoms with Crippen LogP contribution in [-0.2, 0) is 9.84 Å². The van der Waals surface area contributed by atoms with E-state index in [2.05, 4.69) is 4.98 Å². The van der Waals surface area contributed by atoms with Gasteiger partial charge in [0, 0.05) is 31.5 Å². The molecule has 0 aliphatic carbocycles. The van der Waals surface area contributed by atoms with Crippen LogP contribution in [-0.4, -0.2) is 44.0 Å². The lowest BCUT2D eigenvalue weighted by atomic mass is 9.87. The molecule has 1 aromatic heterocycles. The fourth-order valence-corrected chi connectivity index (χ4v) is 3.57. The number of hydrogen-bond donors (Lipinski definition) is 1. The Bertz CT molecular complexity index is 760. The van der Waals surface area contributed by atoms with E-state index in [1.807, 2.05) is 35.2 Å². The number of rotatable bonds is 3. The number of pyridine rings is 1. The first-order chi connectivity index (χ1) is 10.9. The van der Waals surface area contributed by atoms with E-state index in [1.54, 1.807) is 12.1 Å². The van der Waals surface area contributed by atoms with Gasteiger partial charge in [0.15, 0.2) is 9.84 Å². The molecule has 23 heavy (non-hydrogen) atoms. The number of hydrogen-bond acceptors (Lipinski definition) is 5. The van der Waals surface area contributed by atoms with E-state index >= 15 is 0 Å². The summed E-state index contributed by atoms with van der Waals surface area (Å²) in [5.41, 5.74) is 1.15. The van der Waals surface area contributed by atoms with Crippen molar-refractivity contribution in [1.82, 2.24) is 4.98 Å². The Labute approximate surface area is 136 Å². The molecule has 0 radical (unpaired) electrons. The lowest BCUT2D eigenvalue weighted by molar-refractivity contribution is 0.129. The number of aliphatic hydroxyl groups is 1. The first kappa shape index (κ1) is 16.0. The highest BCUT2D eigenvalue weighted by Gasteiger charge is 2.29. The summed E-state index contributed by atoms with van der Waals surface area (Å²) >= 11 is 0. The van der Waals surface area contributed by atoms with Gasteiger partial charge in [-0.25, -0.2) is 13.4 Å². The smallest absolute Gasteiger partial charge is 0.177 e. The third kappa shape index (κ3) is 3.54. The Balaban J connectivity index is 1.73. The van der Waals surface area contributed by atoms with E-state index < -0.39 is 15.9 Å². The number of aromatic nitrogens is 1. The molecule has 1 aromatic carbocycles. The maximum Gasteiger partial charge on any atom is 0.177 e. The highest BCUT2D eigenvalue weighted by molar-refractivity contribution is 7.90. The number of aliphatic hydroxyl groups excluding tert-OH is 1. The molecule has 5 nitrogen and oxygen atoms in total. The van der Waals surface area contributed by atoms with Gasteiger partial charge in [0.1, 0.15) is 5.82 Å². The molecule has 1 aliphatic rings. The van der Waals surface area contributed by atoms with E-state index in [1.165, 1.54) is 12.5 Å². The average molecular weight is 332 g/mol. The predicted molar refractivity (Wildman–Crippen MR) is 89.4 cm³/mol. The van der Waals surface area contributed by atoms with Crippen molar-refractivity contribution in [3.63, 3.8) is 0 Å². The van der Waals surface area contributed by atoms with Gasteiger partial charge in [-0.2, -0.15) is 0 Å². The summed E-state index contributed by atoms with van der Waals surface area (Å²) < 4.78 is 23.0. The first-order valence-electron chi connectivity index (χ1n) is 7.59. The summed E-state index contributed by atoms with van der Waals surface area (Å²) in [5.74, 6) is 0.825. The molecule has 1 aliphatic heterocycles. The molecular formula is C17H20N2O3S. The number of sulfone groups is 1. The summed E-state index contributed by atoms with van der Waals surface area (Å²) in [7, 11) is -3.24. The van der Waals surface area contributed by atoms with Crippen LogP contribution in [0.1, 0.15) is 17.9 Å². The highest BCUT2D eigenvalue weighted by Crippen LogP contribution is 2.30. The van der Waals surface area contributed by atoms with Crippen LogP contribution in [0.5, 0.6) is 0 Å². The molecule has 3 rings (SSSR count).